The maximum Gasteiger partial charge on any atom is 0.346 e. The first-order valence-corrected chi connectivity index (χ1v) is 9.59. The van der Waals surface area contributed by atoms with Crippen LogP contribution in [0.5, 0.6) is 0 Å². The van der Waals surface area contributed by atoms with E-state index in [1.165, 1.54) is 28.4 Å². The number of allylic oxidation sites excluding steroid dienone is 1. The number of carbonyl (C=O) groups excluding carboxylic acids is 2. The molecule has 2 aliphatic rings. The Morgan fingerprint density at radius 1 is 0.952 bits per heavy atom. The Labute approximate surface area is 140 Å². The Bertz CT molecular complexity index is 531. The standard InChI is InChI=1S/C13H14O4S4/c1-4-16-10(14)8-9(11(15)17-5-2)21-13(20-8)12-18-6-7(3)19-12/h6H,4-5H2,1-3H3. The second-order valence-electron chi connectivity index (χ2n) is 3.83. The summed E-state index contributed by atoms with van der Waals surface area (Å²) in [6, 6.07) is 0. The first-order valence-electron chi connectivity index (χ1n) is 6.26. The highest BCUT2D eigenvalue weighted by Gasteiger charge is 2.35. The molecule has 0 fully saturated rings. The molecular formula is C13H14O4S4. The van der Waals surface area contributed by atoms with Crippen LogP contribution in [0.15, 0.2) is 28.6 Å². The average molecular weight is 363 g/mol. The molecule has 0 aromatic heterocycles. The first kappa shape index (κ1) is 16.9. The summed E-state index contributed by atoms with van der Waals surface area (Å²) in [5, 5.41) is 2.06. The van der Waals surface area contributed by atoms with Crippen LogP contribution in [0.1, 0.15) is 20.8 Å². The topological polar surface area (TPSA) is 52.6 Å². The Hall–Kier alpha value is -0.440. The fourth-order valence-corrected chi connectivity index (χ4v) is 6.41. The summed E-state index contributed by atoms with van der Waals surface area (Å²) in [6.45, 7) is 6.07. The van der Waals surface area contributed by atoms with E-state index in [-0.39, 0.29) is 13.2 Å². The van der Waals surface area contributed by atoms with Gasteiger partial charge in [0.05, 0.1) is 21.7 Å². The van der Waals surface area contributed by atoms with Crippen molar-refractivity contribution in [3.63, 3.8) is 0 Å². The second-order valence-corrected chi connectivity index (χ2v) is 8.52. The second kappa shape index (κ2) is 7.71. The van der Waals surface area contributed by atoms with Crippen LogP contribution in [0.4, 0.5) is 0 Å². The van der Waals surface area contributed by atoms with Crippen molar-refractivity contribution in [1.29, 1.82) is 0 Å². The third-order valence-electron chi connectivity index (χ3n) is 2.27. The molecule has 0 N–H and O–H groups in total. The summed E-state index contributed by atoms with van der Waals surface area (Å²) < 4.78 is 12.1. The van der Waals surface area contributed by atoms with Gasteiger partial charge in [0.2, 0.25) is 0 Å². The molecule has 0 amide bonds. The van der Waals surface area contributed by atoms with Crippen LogP contribution in [0, 0.1) is 0 Å². The largest absolute Gasteiger partial charge is 0.462 e. The third-order valence-corrected chi connectivity index (χ3v) is 7.75. The lowest BCUT2D eigenvalue weighted by Gasteiger charge is -2.04. The zero-order valence-corrected chi connectivity index (χ0v) is 15.0. The highest BCUT2D eigenvalue weighted by atomic mass is 32.2. The summed E-state index contributed by atoms with van der Waals surface area (Å²) >= 11 is 5.84. The molecule has 0 bridgehead atoms. The number of hydrogen-bond acceptors (Lipinski definition) is 8. The van der Waals surface area contributed by atoms with E-state index >= 15 is 0 Å². The number of carbonyl (C=O) groups is 2. The zero-order valence-electron chi connectivity index (χ0n) is 11.8. The van der Waals surface area contributed by atoms with Crippen LogP contribution in [0.25, 0.3) is 0 Å². The lowest BCUT2D eigenvalue weighted by Crippen LogP contribution is -2.11. The third kappa shape index (κ3) is 4.06. The van der Waals surface area contributed by atoms with Gasteiger partial charge in [0.1, 0.15) is 9.81 Å². The van der Waals surface area contributed by atoms with E-state index in [9.17, 15) is 9.59 Å². The molecule has 2 rings (SSSR count). The van der Waals surface area contributed by atoms with E-state index in [4.69, 9.17) is 9.47 Å². The van der Waals surface area contributed by atoms with Gasteiger partial charge < -0.3 is 9.47 Å². The smallest absolute Gasteiger partial charge is 0.346 e. The summed E-state index contributed by atoms with van der Waals surface area (Å²) in [5.74, 6) is -0.933. The number of rotatable bonds is 4. The molecule has 2 heterocycles. The van der Waals surface area contributed by atoms with E-state index in [1.807, 2.05) is 6.92 Å². The van der Waals surface area contributed by atoms with Crippen molar-refractivity contribution in [2.75, 3.05) is 13.2 Å². The molecule has 0 aliphatic carbocycles. The molecule has 2 aliphatic heterocycles. The molecule has 0 radical (unpaired) electrons. The van der Waals surface area contributed by atoms with E-state index in [1.54, 1.807) is 37.4 Å². The lowest BCUT2D eigenvalue weighted by molar-refractivity contribution is -0.140. The van der Waals surface area contributed by atoms with Gasteiger partial charge in [-0.25, -0.2) is 9.59 Å². The first-order chi connectivity index (χ1) is 10.1. The molecule has 0 saturated heterocycles. The van der Waals surface area contributed by atoms with E-state index < -0.39 is 11.9 Å². The fourth-order valence-electron chi connectivity index (χ4n) is 1.46. The number of hydrogen-bond donors (Lipinski definition) is 0. The van der Waals surface area contributed by atoms with Crippen molar-refractivity contribution in [2.45, 2.75) is 20.8 Å². The highest BCUT2D eigenvalue weighted by molar-refractivity contribution is 8.34. The van der Waals surface area contributed by atoms with Gasteiger partial charge >= 0.3 is 11.9 Å². The SMILES string of the molecule is CCOC(=O)C1=C(C(=O)OCC)SC(=C2SC=C(C)S2)S1. The van der Waals surface area contributed by atoms with Crippen LogP contribution in [-0.2, 0) is 19.1 Å². The minimum Gasteiger partial charge on any atom is -0.462 e. The monoisotopic (exact) mass is 362 g/mol. The van der Waals surface area contributed by atoms with E-state index in [0.717, 1.165) is 8.47 Å². The quantitative estimate of drug-likeness (QED) is 0.687. The van der Waals surface area contributed by atoms with Crippen LogP contribution in [0.2, 0.25) is 0 Å². The van der Waals surface area contributed by atoms with Crippen molar-refractivity contribution in [1.82, 2.24) is 0 Å². The molecule has 4 nitrogen and oxygen atoms in total. The van der Waals surface area contributed by atoms with Gasteiger partial charge in [-0.1, -0.05) is 47.0 Å². The highest BCUT2D eigenvalue weighted by Crippen LogP contribution is 2.58. The van der Waals surface area contributed by atoms with Crippen molar-refractivity contribution < 1.29 is 19.1 Å². The minimum absolute atomic E-state index is 0.278. The van der Waals surface area contributed by atoms with Crippen molar-refractivity contribution in [2.24, 2.45) is 0 Å². The summed E-state index contributed by atoms with van der Waals surface area (Å²) in [7, 11) is 0. The Morgan fingerprint density at radius 3 is 1.86 bits per heavy atom. The van der Waals surface area contributed by atoms with Crippen LogP contribution >= 0.6 is 47.0 Å². The lowest BCUT2D eigenvalue weighted by atomic mass is 10.5. The van der Waals surface area contributed by atoms with Crippen molar-refractivity contribution in [3.8, 4) is 0 Å². The Morgan fingerprint density at radius 2 is 1.48 bits per heavy atom. The molecule has 21 heavy (non-hydrogen) atoms. The predicted octanol–water partition coefficient (Wildman–Crippen LogP) is 4.27. The molecule has 0 aromatic carbocycles. The van der Waals surface area contributed by atoms with Gasteiger partial charge in [0.15, 0.2) is 0 Å². The van der Waals surface area contributed by atoms with Gasteiger partial charge in [-0.3, -0.25) is 0 Å². The molecule has 0 saturated carbocycles. The number of esters is 2. The molecule has 114 valence electrons. The molecule has 0 unspecified atom stereocenters. The van der Waals surface area contributed by atoms with Gasteiger partial charge in [0.25, 0.3) is 0 Å². The molecule has 0 aromatic rings. The van der Waals surface area contributed by atoms with E-state index in [2.05, 4.69) is 5.41 Å². The molecule has 0 atom stereocenters. The number of ether oxygens (including phenoxy) is 2. The van der Waals surface area contributed by atoms with Gasteiger partial charge in [-0.15, -0.1) is 0 Å². The summed E-state index contributed by atoms with van der Waals surface area (Å²) in [6.07, 6.45) is 0. The molecular weight excluding hydrogens is 348 g/mol. The Kier molecular flexibility index (Phi) is 6.21. The predicted molar refractivity (Wildman–Crippen MR) is 91.4 cm³/mol. The maximum absolute atomic E-state index is 12.0. The zero-order chi connectivity index (χ0) is 15.4. The van der Waals surface area contributed by atoms with Gasteiger partial charge in [-0.2, -0.15) is 0 Å². The van der Waals surface area contributed by atoms with Gasteiger partial charge in [0, 0.05) is 0 Å². The maximum atomic E-state index is 12.0. The average Bonchev–Trinajstić information content (AvgIpc) is 3.05. The minimum atomic E-state index is -0.466. The van der Waals surface area contributed by atoms with E-state index in [0.29, 0.717) is 9.81 Å². The van der Waals surface area contributed by atoms with Gasteiger partial charge in [-0.05, 0) is 31.1 Å². The Balaban J connectivity index is 2.24. The van der Waals surface area contributed by atoms with Crippen molar-refractivity contribution >= 4 is 59.0 Å². The fraction of sp³-hybridized carbons (Fsp3) is 0.385. The van der Waals surface area contributed by atoms with Crippen LogP contribution < -0.4 is 0 Å². The molecule has 8 heteroatoms. The summed E-state index contributed by atoms with van der Waals surface area (Å²) in [4.78, 5) is 25.9. The number of thioether (sulfide) groups is 4. The van der Waals surface area contributed by atoms with Crippen LogP contribution in [0.3, 0.4) is 0 Å². The van der Waals surface area contributed by atoms with Crippen LogP contribution in [-0.4, -0.2) is 25.2 Å². The summed E-state index contributed by atoms with van der Waals surface area (Å²) in [5.41, 5.74) is 0. The normalized spacial score (nSPS) is 18.1. The van der Waals surface area contributed by atoms with Crippen molar-refractivity contribution in [3.05, 3.63) is 28.6 Å². The molecule has 0 spiro atoms.